The summed E-state index contributed by atoms with van der Waals surface area (Å²) in [6.45, 7) is 2.33. The Hall–Kier alpha value is -3.01. The lowest BCUT2D eigenvalue weighted by molar-refractivity contribution is -0.136. The van der Waals surface area contributed by atoms with Crippen molar-refractivity contribution < 1.29 is 19.4 Å². The molecule has 1 aromatic heterocycles. The van der Waals surface area contributed by atoms with Crippen LogP contribution in [-0.2, 0) is 11.2 Å². The minimum Gasteiger partial charge on any atom is -0.493 e. The first-order valence-electron chi connectivity index (χ1n) is 7.73. The van der Waals surface area contributed by atoms with E-state index < -0.39 is 11.5 Å². The van der Waals surface area contributed by atoms with Gasteiger partial charge in [0.15, 0.2) is 11.5 Å². The van der Waals surface area contributed by atoms with Crippen molar-refractivity contribution in [2.75, 3.05) is 13.7 Å². The van der Waals surface area contributed by atoms with Crippen LogP contribution < -0.4 is 15.0 Å². The van der Waals surface area contributed by atoms with Gasteiger partial charge in [-0.15, -0.1) is 0 Å². The SMILES string of the molecule is CCOc1cc(/C=N\n2c(=S)[nH]nc(CCC(=O)O)c2=O)ccc1OC. The Balaban J connectivity index is 2.34. The Morgan fingerprint density at radius 3 is 2.88 bits per heavy atom. The maximum absolute atomic E-state index is 12.4. The minimum absolute atomic E-state index is 0.00358. The van der Waals surface area contributed by atoms with E-state index in [0.29, 0.717) is 23.7 Å². The van der Waals surface area contributed by atoms with Crippen molar-refractivity contribution >= 4 is 24.4 Å². The van der Waals surface area contributed by atoms with E-state index in [1.807, 2.05) is 6.92 Å². The van der Waals surface area contributed by atoms with Crippen LogP contribution in [0.5, 0.6) is 11.5 Å². The molecule has 0 unspecified atom stereocenters. The second kappa shape index (κ2) is 8.90. The molecule has 0 fully saturated rings. The highest BCUT2D eigenvalue weighted by molar-refractivity contribution is 7.71. The molecule has 0 radical (unpaired) electrons. The number of nitrogens with zero attached hydrogens (tertiary/aromatic N) is 3. The number of nitrogens with one attached hydrogen (secondary N) is 1. The van der Waals surface area contributed by atoms with Crippen LogP contribution in [0.4, 0.5) is 0 Å². The van der Waals surface area contributed by atoms with Gasteiger partial charge < -0.3 is 14.6 Å². The Bertz CT molecular complexity index is 935. The number of methoxy groups -OCH3 is 1. The molecule has 2 aromatic rings. The molecule has 0 bridgehead atoms. The first kappa shape index (κ1) is 19.3. The van der Waals surface area contributed by atoms with E-state index >= 15 is 0 Å². The van der Waals surface area contributed by atoms with Crippen molar-refractivity contribution in [3.05, 3.63) is 44.6 Å². The molecule has 26 heavy (non-hydrogen) atoms. The molecule has 0 saturated carbocycles. The number of carboxylic acid groups (broad SMARTS) is 1. The van der Waals surface area contributed by atoms with Crippen LogP contribution in [0.3, 0.4) is 0 Å². The number of carboxylic acids is 1. The van der Waals surface area contributed by atoms with Gasteiger partial charge >= 0.3 is 5.97 Å². The third kappa shape index (κ3) is 4.76. The predicted octanol–water partition coefficient (Wildman–Crippen LogP) is 1.61. The Labute approximate surface area is 153 Å². The van der Waals surface area contributed by atoms with E-state index in [1.165, 1.54) is 6.21 Å². The molecule has 138 valence electrons. The van der Waals surface area contributed by atoms with Crippen LogP contribution in [0.15, 0.2) is 28.1 Å². The Kier molecular flexibility index (Phi) is 6.61. The topological polar surface area (TPSA) is 119 Å². The molecule has 2 N–H and O–H groups in total. The molecular weight excluding hydrogens is 360 g/mol. The van der Waals surface area contributed by atoms with Crippen LogP contribution in [0.1, 0.15) is 24.6 Å². The van der Waals surface area contributed by atoms with E-state index in [0.717, 1.165) is 4.68 Å². The minimum atomic E-state index is -1.02. The molecule has 0 spiro atoms. The lowest BCUT2D eigenvalue weighted by Gasteiger charge is -2.09. The molecule has 0 atom stereocenters. The summed E-state index contributed by atoms with van der Waals surface area (Å²) in [6, 6.07) is 5.19. The summed E-state index contributed by atoms with van der Waals surface area (Å²) in [4.78, 5) is 23.0. The zero-order valence-electron chi connectivity index (χ0n) is 14.3. The standard InChI is InChI=1S/C16H18N4O5S/c1-3-25-13-8-10(4-6-12(13)24-2)9-17-20-15(23)11(5-7-14(21)22)18-19-16(20)26/h4,6,8-9H,3,5,7H2,1-2H3,(H,19,26)(H,21,22)/b17-9-. The van der Waals surface area contributed by atoms with Gasteiger partial charge in [-0.05, 0) is 42.9 Å². The van der Waals surface area contributed by atoms with E-state index in [1.54, 1.807) is 25.3 Å². The molecule has 0 amide bonds. The van der Waals surface area contributed by atoms with Crippen LogP contribution in [-0.4, -0.2) is 45.9 Å². The number of aryl methyl sites for hydroxylation is 1. The molecule has 0 saturated heterocycles. The van der Waals surface area contributed by atoms with E-state index in [9.17, 15) is 9.59 Å². The zero-order chi connectivity index (χ0) is 19.1. The number of carbonyl (C=O) groups is 1. The van der Waals surface area contributed by atoms with Crippen molar-refractivity contribution in [3.8, 4) is 11.5 Å². The highest BCUT2D eigenvalue weighted by atomic mass is 32.1. The number of ether oxygens (including phenoxy) is 2. The summed E-state index contributed by atoms with van der Waals surface area (Å²) in [7, 11) is 1.54. The number of H-pyrrole nitrogens is 1. The average Bonchev–Trinajstić information content (AvgIpc) is 2.61. The van der Waals surface area contributed by atoms with Crippen molar-refractivity contribution in [2.24, 2.45) is 5.10 Å². The van der Waals surface area contributed by atoms with Gasteiger partial charge in [-0.3, -0.25) is 14.7 Å². The maximum atomic E-state index is 12.4. The number of aliphatic carboxylic acids is 1. The van der Waals surface area contributed by atoms with Gasteiger partial charge in [0.25, 0.3) is 5.56 Å². The Morgan fingerprint density at radius 1 is 1.46 bits per heavy atom. The predicted molar refractivity (Wildman–Crippen MR) is 96.8 cm³/mol. The van der Waals surface area contributed by atoms with Gasteiger partial charge in [-0.1, -0.05) is 0 Å². The molecule has 0 aliphatic rings. The van der Waals surface area contributed by atoms with E-state index in [2.05, 4.69) is 15.3 Å². The monoisotopic (exact) mass is 378 g/mol. The van der Waals surface area contributed by atoms with E-state index in [-0.39, 0.29) is 23.3 Å². The molecule has 2 rings (SSSR count). The molecular formula is C16H18N4O5S. The highest BCUT2D eigenvalue weighted by Gasteiger charge is 2.09. The van der Waals surface area contributed by atoms with Gasteiger partial charge in [0.05, 0.1) is 26.4 Å². The average molecular weight is 378 g/mol. The van der Waals surface area contributed by atoms with Gasteiger partial charge in [0, 0.05) is 6.42 Å². The van der Waals surface area contributed by atoms with Gasteiger partial charge in [-0.2, -0.15) is 14.9 Å². The molecule has 9 nitrogen and oxygen atoms in total. The number of rotatable bonds is 8. The zero-order valence-corrected chi connectivity index (χ0v) is 15.1. The molecule has 1 aromatic carbocycles. The largest absolute Gasteiger partial charge is 0.493 e. The fourth-order valence-electron chi connectivity index (χ4n) is 2.08. The van der Waals surface area contributed by atoms with Crippen molar-refractivity contribution in [1.82, 2.24) is 14.9 Å². The van der Waals surface area contributed by atoms with Crippen LogP contribution in [0.2, 0.25) is 0 Å². The summed E-state index contributed by atoms with van der Waals surface area (Å²) < 4.78 is 11.7. The van der Waals surface area contributed by atoms with Gasteiger partial charge in [-0.25, -0.2) is 0 Å². The fourth-order valence-corrected chi connectivity index (χ4v) is 2.26. The summed E-state index contributed by atoms with van der Waals surface area (Å²) in [5.74, 6) is 0.108. The molecule has 10 heteroatoms. The first-order valence-corrected chi connectivity index (χ1v) is 8.14. The van der Waals surface area contributed by atoms with Crippen LogP contribution >= 0.6 is 12.2 Å². The first-order chi connectivity index (χ1) is 12.5. The number of hydrogen-bond acceptors (Lipinski definition) is 7. The normalized spacial score (nSPS) is 10.8. The fraction of sp³-hybridized carbons (Fsp3) is 0.312. The third-order valence-electron chi connectivity index (χ3n) is 3.30. The number of benzene rings is 1. The summed E-state index contributed by atoms with van der Waals surface area (Å²) in [5, 5.41) is 19.1. The molecule has 0 aliphatic carbocycles. The van der Waals surface area contributed by atoms with Crippen LogP contribution in [0, 0.1) is 4.77 Å². The quantitative estimate of drug-likeness (QED) is 0.529. The van der Waals surface area contributed by atoms with Gasteiger partial charge in [0.1, 0.15) is 5.69 Å². The number of aromatic nitrogens is 3. The maximum Gasteiger partial charge on any atom is 0.303 e. The second-order valence-corrected chi connectivity index (χ2v) is 5.46. The molecule has 1 heterocycles. The lowest BCUT2D eigenvalue weighted by Crippen LogP contribution is -2.25. The molecule has 0 aliphatic heterocycles. The second-order valence-electron chi connectivity index (χ2n) is 5.07. The van der Waals surface area contributed by atoms with Crippen LogP contribution in [0.25, 0.3) is 0 Å². The smallest absolute Gasteiger partial charge is 0.303 e. The summed E-state index contributed by atoms with van der Waals surface area (Å²) >= 11 is 5.03. The summed E-state index contributed by atoms with van der Waals surface area (Å²) in [6.07, 6.45) is 1.20. The number of hydrogen-bond donors (Lipinski definition) is 2. The van der Waals surface area contributed by atoms with Crippen molar-refractivity contribution in [3.63, 3.8) is 0 Å². The van der Waals surface area contributed by atoms with Gasteiger partial charge in [0.2, 0.25) is 4.77 Å². The third-order valence-corrected chi connectivity index (χ3v) is 3.57. The van der Waals surface area contributed by atoms with E-state index in [4.69, 9.17) is 26.8 Å². The summed E-state index contributed by atoms with van der Waals surface area (Å²) in [5.41, 5.74) is 0.145. The highest BCUT2D eigenvalue weighted by Crippen LogP contribution is 2.27. The Morgan fingerprint density at radius 2 is 2.23 bits per heavy atom. The lowest BCUT2D eigenvalue weighted by atomic mass is 10.2. The van der Waals surface area contributed by atoms with Crippen molar-refractivity contribution in [2.45, 2.75) is 19.8 Å². The number of aromatic amines is 1. The van der Waals surface area contributed by atoms with Crippen molar-refractivity contribution in [1.29, 1.82) is 0 Å².